The van der Waals surface area contributed by atoms with Gasteiger partial charge in [-0.3, -0.25) is 4.79 Å². The van der Waals surface area contributed by atoms with E-state index in [-0.39, 0.29) is 40.5 Å². The highest BCUT2D eigenvalue weighted by molar-refractivity contribution is 7.89. The van der Waals surface area contributed by atoms with Crippen molar-refractivity contribution in [2.45, 2.75) is 51.0 Å². The Morgan fingerprint density at radius 3 is 2.52 bits per heavy atom. The highest BCUT2D eigenvalue weighted by Gasteiger charge is 2.34. The number of nitrogens with zero attached hydrogens (tertiary/aromatic N) is 4. The molecule has 3 rings (SSSR count). The smallest absolute Gasteiger partial charge is 0.246 e. The Bertz CT molecular complexity index is 1010. The van der Waals surface area contributed by atoms with Gasteiger partial charge in [-0.2, -0.15) is 9.40 Å². The number of amides is 1. The molecule has 2 aromatic heterocycles. The first-order chi connectivity index (χ1) is 13.5. The monoisotopic (exact) mass is 439 g/mol. The average Bonchev–Trinajstić information content (AvgIpc) is 3.02. The van der Waals surface area contributed by atoms with E-state index in [1.165, 1.54) is 16.6 Å². The fourth-order valence-electron chi connectivity index (χ4n) is 3.39. The number of aryl methyl sites for hydroxylation is 1. The minimum Gasteiger partial charge on any atom is -0.311 e. The number of anilines is 1. The molecule has 0 saturated carbocycles. The van der Waals surface area contributed by atoms with Crippen molar-refractivity contribution in [3.8, 4) is 0 Å². The van der Waals surface area contributed by atoms with Gasteiger partial charge in [0.2, 0.25) is 15.9 Å². The van der Waals surface area contributed by atoms with Crippen LogP contribution in [0.5, 0.6) is 0 Å². The predicted octanol–water partition coefficient (Wildman–Crippen LogP) is 3.03. The lowest BCUT2D eigenvalue weighted by Gasteiger charge is -2.31. The number of pyridine rings is 1. The number of piperidine rings is 1. The van der Waals surface area contributed by atoms with Crippen LogP contribution in [-0.4, -0.2) is 46.5 Å². The van der Waals surface area contributed by atoms with Crippen molar-refractivity contribution >= 4 is 33.3 Å². The third kappa shape index (κ3) is 4.62. The maximum Gasteiger partial charge on any atom is 0.246 e. The summed E-state index contributed by atoms with van der Waals surface area (Å²) in [5.41, 5.74) is 0.557. The molecule has 0 unspecified atom stereocenters. The Balaban J connectivity index is 1.67. The van der Waals surface area contributed by atoms with E-state index in [0.29, 0.717) is 18.7 Å². The van der Waals surface area contributed by atoms with E-state index in [0.717, 1.165) is 5.69 Å². The summed E-state index contributed by atoms with van der Waals surface area (Å²) in [5.74, 6) is 0.262. The maximum absolute atomic E-state index is 12.8. The van der Waals surface area contributed by atoms with Gasteiger partial charge in [0.25, 0.3) is 0 Å². The number of nitrogens with one attached hydrogen (secondary N) is 1. The van der Waals surface area contributed by atoms with Crippen LogP contribution in [0.15, 0.2) is 29.3 Å². The second-order valence-corrected chi connectivity index (χ2v) is 10.5. The van der Waals surface area contributed by atoms with E-state index in [2.05, 4.69) is 15.4 Å². The van der Waals surface area contributed by atoms with Gasteiger partial charge >= 0.3 is 0 Å². The first kappa shape index (κ1) is 21.7. The van der Waals surface area contributed by atoms with Crippen molar-refractivity contribution in [3.05, 3.63) is 35.2 Å². The molecule has 1 saturated heterocycles. The van der Waals surface area contributed by atoms with Crippen LogP contribution in [0.3, 0.4) is 0 Å². The molecule has 1 fully saturated rings. The number of halogens is 1. The molecule has 0 radical (unpaired) electrons. The molecular weight excluding hydrogens is 414 g/mol. The van der Waals surface area contributed by atoms with E-state index >= 15 is 0 Å². The van der Waals surface area contributed by atoms with Gasteiger partial charge in [-0.15, -0.1) is 0 Å². The standard InChI is InChI=1S/C19H26ClN5O3S/c1-13-12-16(25(23-13)19(2,3)4)22-18(26)14-7-10-24(11-8-14)29(27,28)15-6-5-9-21-17(15)20/h5-6,9,12,14H,7-8,10-11H2,1-4H3,(H,22,26). The molecule has 1 amide bonds. The number of carbonyl (C=O) groups excluding carboxylic acids is 1. The summed E-state index contributed by atoms with van der Waals surface area (Å²) in [5, 5.41) is 7.38. The van der Waals surface area contributed by atoms with Gasteiger partial charge in [-0.1, -0.05) is 11.6 Å². The number of aromatic nitrogens is 3. The summed E-state index contributed by atoms with van der Waals surface area (Å²) in [4.78, 5) is 16.6. The van der Waals surface area contributed by atoms with Gasteiger partial charge in [0.1, 0.15) is 15.9 Å². The summed E-state index contributed by atoms with van der Waals surface area (Å²) in [7, 11) is -3.73. The highest BCUT2D eigenvalue weighted by atomic mass is 35.5. The predicted molar refractivity (Wildman–Crippen MR) is 111 cm³/mol. The molecule has 2 aromatic rings. The van der Waals surface area contributed by atoms with Crippen molar-refractivity contribution in [3.63, 3.8) is 0 Å². The molecule has 1 aliphatic rings. The number of hydrogen-bond acceptors (Lipinski definition) is 5. The lowest BCUT2D eigenvalue weighted by Crippen LogP contribution is -2.41. The fourth-order valence-corrected chi connectivity index (χ4v) is 5.29. The SMILES string of the molecule is Cc1cc(NC(=O)C2CCN(S(=O)(=O)c3cccnc3Cl)CC2)n(C(C)(C)C)n1. The Morgan fingerprint density at radius 1 is 1.28 bits per heavy atom. The second-order valence-electron chi connectivity index (χ2n) is 8.21. The normalized spacial score (nSPS) is 16.7. The summed E-state index contributed by atoms with van der Waals surface area (Å²) in [6.07, 6.45) is 2.32. The lowest BCUT2D eigenvalue weighted by molar-refractivity contribution is -0.121. The van der Waals surface area contributed by atoms with Crippen LogP contribution in [0.25, 0.3) is 0 Å². The Labute approximate surface area is 176 Å². The minimum absolute atomic E-state index is 0.00544. The van der Waals surface area contributed by atoms with Crippen molar-refractivity contribution in [2.24, 2.45) is 5.92 Å². The molecular formula is C19H26ClN5O3S. The number of carbonyl (C=O) groups is 1. The van der Waals surface area contributed by atoms with Crippen LogP contribution in [0.1, 0.15) is 39.3 Å². The van der Waals surface area contributed by atoms with Crippen LogP contribution in [0.4, 0.5) is 5.82 Å². The first-order valence-electron chi connectivity index (χ1n) is 9.49. The van der Waals surface area contributed by atoms with Crippen molar-refractivity contribution < 1.29 is 13.2 Å². The van der Waals surface area contributed by atoms with Gasteiger partial charge in [0, 0.05) is 31.3 Å². The number of sulfonamides is 1. The zero-order valence-electron chi connectivity index (χ0n) is 17.0. The number of rotatable bonds is 4. The lowest BCUT2D eigenvalue weighted by atomic mass is 9.97. The van der Waals surface area contributed by atoms with Crippen molar-refractivity contribution in [2.75, 3.05) is 18.4 Å². The van der Waals surface area contributed by atoms with E-state index in [9.17, 15) is 13.2 Å². The zero-order valence-corrected chi connectivity index (χ0v) is 18.6. The highest BCUT2D eigenvalue weighted by Crippen LogP contribution is 2.28. The molecule has 1 N–H and O–H groups in total. The van der Waals surface area contributed by atoms with E-state index < -0.39 is 10.0 Å². The van der Waals surface area contributed by atoms with Gasteiger partial charge in [0.15, 0.2) is 0 Å². The first-order valence-corrected chi connectivity index (χ1v) is 11.3. The molecule has 0 atom stereocenters. The van der Waals surface area contributed by atoms with Gasteiger partial charge < -0.3 is 5.32 Å². The fraction of sp³-hybridized carbons (Fsp3) is 0.526. The molecule has 158 valence electrons. The van der Waals surface area contributed by atoms with Crippen molar-refractivity contribution in [1.82, 2.24) is 19.1 Å². The van der Waals surface area contributed by atoms with Crippen LogP contribution < -0.4 is 5.32 Å². The largest absolute Gasteiger partial charge is 0.311 e. The van der Waals surface area contributed by atoms with E-state index in [4.69, 9.17) is 11.6 Å². The average molecular weight is 440 g/mol. The number of hydrogen-bond donors (Lipinski definition) is 1. The van der Waals surface area contributed by atoms with Crippen LogP contribution in [0, 0.1) is 12.8 Å². The van der Waals surface area contributed by atoms with Gasteiger partial charge in [0.05, 0.1) is 11.2 Å². The van der Waals surface area contributed by atoms with Gasteiger partial charge in [-0.05, 0) is 52.7 Å². The molecule has 0 bridgehead atoms. The minimum atomic E-state index is -3.73. The summed E-state index contributed by atoms with van der Waals surface area (Å²) in [6, 6.07) is 4.83. The van der Waals surface area contributed by atoms with Crippen LogP contribution >= 0.6 is 11.6 Å². The zero-order chi connectivity index (χ0) is 21.4. The maximum atomic E-state index is 12.8. The Hall–Kier alpha value is -1.97. The van der Waals surface area contributed by atoms with Crippen LogP contribution in [0.2, 0.25) is 5.15 Å². The molecule has 0 aliphatic carbocycles. The van der Waals surface area contributed by atoms with E-state index in [1.807, 2.05) is 33.8 Å². The Morgan fingerprint density at radius 2 is 1.93 bits per heavy atom. The Kier molecular flexibility index (Phi) is 6.03. The summed E-state index contributed by atoms with van der Waals surface area (Å²) >= 11 is 5.96. The third-order valence-corrected chi connectivity index (χ3v) is 7.23. The quantitative estimate of drug-likeness (QED) is 0.738. The molecule has 29 heavy (non-hydrogen) atoms. The summed E-state index contributed by atoms with van der Waals surface area (Å²) < 4.78 is 28.8. The molecule has 1 aliphatic heterocycles. The van der Waals surface area contributed by atoms with Crippen molar-refractivity contribution in [1.29, 1.82) is 0 Å². The second kappa shape index (κ2) is 8.04. The summed E-state index contributed by atoms with van der Waals surface area (Å²) in [6.45, 7) is 8.43. The molecule has 0 spiro atoms. The third-order valence-electron chi connectivity index (χ3n) is 4.89. The van der Waals surface area contributed by atoms with Crippen LogP contribution in [-0.2, 0) is 20.4 Å². The molecule has 0 aromatic carbocycles. The molecule has 8 nitrogen and oxygen atoms in total. The van der Waals surface area contributed by atoms with Gasteiger partial charge in [-0.25, -0.2) is 18.1 Å². The topological polar surface area (TPSA) is 97.2 Å². The van der Waals surface area contributed by atoms with E-state index in [1.54, 1.807) is 10.7 Å². The molecule has 10 heteroatoms. The molecule has 3 heterocycles.